The predicted molar refractivity (Wildman–Crippen MR) is 91.3 cm³/mol. The Balaban J connectivity index is 1.49. The highest BCUT2D eigenvalue weighted by Gasteiger charge is 2.70. The molecule has 138 valence electrons. The Kier molecular flexibility index (Phi) is 4.30. The van der Waals surface area contributed by atoms with Gasteiger partial charge in [0, 0.05) is 25.1 Å². The number of aliphatic hydroxyl groups is 2. The first kappa shape index (κ1) is 17.2. The summed E-state index contributed by atoms with van der Waals surface area (Å²) in [5.74, 6) is 0.0562. The van der Waals surface area contributed by atoms with Gasteiger partial charge in [-0.15, -0.1) is 0 Å². The number of likely N-dealkylation sites (tertiary alicyclic amines) is 1. The SMILES string of the molecule is COC(=O)c1coc(CN2C[C@@H](O)[C@@]3(C2)[C@H](CO)[C@H]3c2ccccc2)n1. The lowest BCUT2D eigenvalue weighted by molar-refractivity contribution is 0.0594. The fourth-order valence-electron chi connectivity index (χ4n) is 4.55. The van der Waals surface area contributed by atoms with Crippen LogP contribution in [0.4, 0.5) is 0 Å². The number of aromatic nitrogens is 1. The van der Waals surface area contributed by atoms with Crippen molar-refractivity contribution in [3.8, 4) is 0 Å². The van der Waals surface area contributed by atoms with E-state index in [0.29, 0.717) is 25.5 Å². The summed E-state index contributed by atoms with van der Waals surface area (Å²) in [7, 11) is 1.29. The van der Waals surface area contributed by atoms with Crippen molar-refractivity contribution in [1.29, 1.82) is 0 Å². The number of ether oxygens (including phenoxy) is 1. The highest BCUT2D eigenvalue weighted by atomic mass is 16.5. The monoisotopic (exact) mass is 358 g/mol. The summed E-state index contributed by atoms with van der Waals surface area (Å²) in [5, 5.41) is 20.6. The zero-order valence-corrected chi connectivity index (χ0v) is 14.5. The molecule has 26 heavy (non-hydrogen) atoms. The van der Waals surface area contributed by atoms with Crippen molar-refractivity contribution in [2.75, 3.05) is 26.8 Å². The molecule has 0 unspecified atom stereocenters. The Morgan fingerprint density at radius 2 is 2.19 bits per heavy atom. The highest BCUT2D eigenvalue weighted by molar-refractivity contribution is 5.86. The summed E-state index contributed by atoms with van der Waals surface area (Å²) in [4.78, 5) is 17.7. The van der Waals surface area contributed by atoms with Crippen molar-refractivity contribution in [2.45, 2.75) is 18.6 Å². The molecule has 4 rings (SSSR count). The third-order valence-electron chi connectivity index (χ3n) is 5.77. The largest absolute Gasteiger partial charge is 0.464 e. The van der Waals surface area contributed by atoms with Gasteiger partial charge in [-0.2, -0.15) is 0 Å². The van der Waals surface area contributed by atoms with E-state index in [4.69, 9.17) is 4.42 Å². The van der Waals surface area contributed by atoms with Gasteiger partial charge >= 0.3 is 5.97 Å². The molecule has 1 aromatic carbocycles. The standard InChI is InChI=1S/C19H22N2O5/c1-25-18(24)14-10-26-16(20-14)8-21-7-15(23)19(11-21)13(9-22)17(19)12-5-3-2-4-6-12/h2-6,10,13,15,17,22-23H,7-9,11H2,1H3/t13-,15-,17-,19-/m1/s1. The molecule has 2 aliphatic rings. The fraction of sp³-hybridized carbons (Fsp3) is 0.474. The van der Waals surface area contributed by atoms with Crippen LogP contribution in [0, 0.1) is 11.3 Å². The third kappa shape index (κ3) is 2.63. The zero-order valence-electron chi connectivity index (χ0n) is 14.5. The minimum Gasteiger partial charge on any atom is -0.464 e. The van der Waals surface area contributed by atoms with Crippen molar-refractivity contribution in [3.05, 3.63) is 53.7 Å². The van der Waals surface area contributed by atoms with E-state index < -0.39 is 12.1 Å². The summed E-state index contributed by atoms with van der Waals surface area (Å²) >= 11 is 0. The molecule has 7 nitrogen and oxygen atoms in total. The molecule has 1 spiro atoms. The Labute approximate surface area is 151 Å². The van der Waals surface area contributed by atoms with Crippen LogP contribution in [-0.2, 0) is 11.3 Å². The lowest BCUT2D eigenvalue weighted by Gasteiger charge is -2.15. The number of benzene rings is 1. The van der Waals surface area contributed by atoms with Crippen LogP contribution in [0.25, 0.3) is 0 Å². The van der Waals surface area contributed by atoms with Gasteiger partial charge in [0.15, 0.2) is 5.69 Å². The van der Waals surface area contributed by atoms with Crippen molar-refractivity contribution < 1.29 is 24.2 Å². The average Bonchev–Trinajstić information content (AvgIpc) is 2.89. The summed E-state index contributed by atoms with van der Waals surface area (Å²) in [6.07, 6.45) is 0.754. The van der Waals surface area contributed by atoms with E-state index in [1.165, 1.54) is 13.4 Å². The van der Waals surface area contributed by atoms with E-state index in [9.17, 15) is 15.0 Å². The number of methoxy groups -OCH3 is 1. The maximum Gasteiger partial charge on any atom is 0.360 e. The lowest BCUT2D eigenvalue weighted by Crippen LogP contribution is -2.23. The Morgan fingerprint density at radius 3 is 2.88 bits per heavy atom. The van der Waals surface area contributed by atoms with Gasteiger partial charge < -0.3 is 19.4 Å². The van der Waals surface area contributed by atoms with Crippen LogP contribution in [0.3, 0.4) is 0 Å². The number of esters is 1. The second-order valence-corrected chi connectivity index (χ2v) is 7.09. The number of nitrogens with zero attached hydrogens (tertiary/aromatic N) is 2. The number of rotatable bonds is 5. The summed E-state index contributed by atoms with van der Waals surface area (Å²) in [6.45, 7) is 1.58. The van der Waals surface area contributed by atoms with Gasteiger partial charge in [0.2, 0.25) is 5.89 Å². The predicted octanol–water partition coefficient (Wildman–Crippen LogP) is 1.03. The quantitative estimate of drug-likeness (QED) is 0.771. The minimum atomic E-state index is -0.537. The van der Waals surface area contributed by atoms with E-state index in [1.54, 1.807) is 0 Å². The molecule has 1 saturated heterocycles. The van der Waals surface area contributed by atoms with E-state index in [1.807, 2.05) is 30.3 Å². The molecule has 1 aliphatic heterocycles. The summed E-state index contributed by atoms with van der Waals surface area (Å²) < 4.78 is 9.98. The number of hydrogen-bond acceptors (Lipinski definition) is 7. The molecule has 0 radical (unpaired) electrons. The van der Waals surface area contributed by atoms with Crippen LogP contribution < -0.4 is 0 Å². The van der Waals surface area contributed by atoms with Crippen LogP contribution in [0.5, 0.6) is 0 Å². The van der Waals surface area contributed by atoms with Crippen LogP contribution in [0.1, 0.15) is 27.9 Å². The molecule has 1 aromatic heterocycles. The van der Waals surface area contributed by atoms with Crippen molar-refractivity contribution in [2.24, 2.45) is 11.3 Å². The third-order valence-corrected chi connectivity index (χ3v) is 5.77. The molecular formula is C19H22N2O5. The van der Waals surface area contributed by atoms with Crippen molar-refractivity contribution >= 4 is 5.97 Å². The van der Waals surface area contributed by atoms with Gasteiger partial charge in [-0.3, -0.25) is 4.90 Å². The molecule has 0 amide bonds. The molecule has 1 aliphatic carbocycles. The number of hydrogen-bond donors (Lipinski definition) is 2. The Bertz CT molecular complexity index is 792. The summed E-state index contributed by atoms with van der Waals surface area (Å²) in [5.41, 5.74) is 0.948. The molecule has 0 bridgehead atoms. The van der Waals surface area contributed by atoms with Crippen molar-refractivity contribution in [1.82, 2.24) is 9.88 Å². The van der Waals surface area contributed by atoms with E-state index >= 15 is 0 Å². The fourth-order valence-corrected chi connectivity index (χ4v) is 4.55. The number of oxazole rings is 1. The first-order chi connectivity index (χ1) is 12.6. The van der Waals surface area contributed by atoms with Crippen LogP contribution in [-0.4, -0.2) is 59.0 Å². The second-order valence-electron chi connectivity index (χ2n) is 7.09. The number of carbonyl (C=O) groups is 1. The van der Waals surface area contributed by atoms with Gasteiger partial charge in [0.1, 0.15) is 6.26 Å². The van der Waals surface area contributed by atoms with Gasteiger partial charge in [0.25, 0.3) is 0 Å². The molecule has 2 fully saturated rings. The van der Waals surface area contributed by atoms with Gasteiger partial charge in [-0.1, -0.05) is 30.3 Å². The lowest BCUT2D eigenvalue weighted by atomic mass is 9.95. The molecule has 1 saturated carbocycles. The molecule has 2 heterocycles. The number of carbonyl (C=O) groups excluding carboxylic acids is 1. The van der Waals surface area contributed by atoms with E-state index in [2.05, 4.69) is 14.6 Å². The molecule has 2 aromatic rings. The average molecular weight is 358 g/mol. The Morgan fingerprint density at radius 1 is 1.42 bits per heavy atom. The highest BCUT2D eigenvalue weighted by Crippen LogP contribution is 2.68. The van der Waals surface area contributed by atoms with Crippen LogP contribution in [0.2, 0.25) is 0 Å². The normalized spacial score (nSPS) is 30.7. The topological polar surface area (TPSA) is 96.0 Å². The molecule has 7 heteroatoms. The first-order valence-corrected chi connectivity index (χ1v) is 8.69. The van der Waals surface area contributed by atoms with E-state index in [-0.39, 0.29) is 29.6 Å². The minimum absolute atomic E-state index is 0.0418. The molecule has 4 atom stereocenters. The molecular weight excluding hydrogens is 336 g/mol. The van der Waals surface area contributed by atoms with Crippen LogP contribution >= 0.6 is 0 Å². The van der Waals surface area contributed by atoms with Gasteiger partial charge in [-0.05, 0) is 17.4 Å². The molecule has 2 N–H and O–H groups in total. The maximum absolute atomic E-state index is 11.5. The van der Waals surface area contributed by atoms with Gasteiger partial charge in [-0.25, -0.2) is 9.78 Å². The number of β-amino-alcohol motifs (C(OH)–C–C–N with tert-alkyl or cyclic N) is 1. The smallest absolute Gasteiger partial charge is 0.360 e. The number of aliphatic hydroxyl groups excluding tert-OH is 2. The first-order valence-electron chi connectivity index (χ1n) is 8.69. The second kappa shape index (κ2) is 6.50. The summed E-state index contributed by atoms with van der Waals surface area (Å²) in [6, 6.07) is 10.0. The Hall–Kier alpha value is -2.22. The van der Waals surface area contributed by atoms with Crippen molar-refractivity contribution in [3.63, 3.8) is 0 Å². The zero-order chi connectivity index (χ0) is 18.3. The van der Waals surface area contributed by atoms with E-state index in [0.717, 1.165) is 5.56 Å². The van der Waals surface area contributed by atoms with Crippen LogP contribution in [0.15, 0.2) is 41.0 Å². The van der Waals surface area contributed by atoms with Gasteiger partial charge in [0.05, 0.1) is 19.8 Å². The maximum atomic E-state index is 11.5.